The van der Waals surface area contributed by atoms with Crippen LogP contribution in [0.1, 0.15) is 43.4 Å². The number of phenolic OH excluding ortho intramolecular Hbond substituents is 2. The van der Waals surface area contributed by atoms with E-state index in [-0.39, 0.29) is 36.7 Å². The lowest BCUT2D eigenvalue weighted by atomic mass is 10.0. The molecule has 0 unspecified atom stereocenters. The molecule has 5 amide bonds. The van der Waals surface area contributed by atoms with Gasteiger partial charge in [0.15, 0.2) is 0 Å². The van der Waals surface area contributed by atoms with Gasteiger partial charge in [-0.2, -0.15) is 0 Å². The first-order valence-electron chi connectivity index (χ1n) is 19.4. The standard InChI is InChI=1S/C42H51N7O12/c1-22(2)36(43)41(59)49-34(21-50)40(58)46-31(17-23-7-11-26(51)12-8-23)38(56)45-30(15-16-35(53)54)37(55)47-32(19-25-20-44-29-6-4-3-5-28(25)29)39(57)48-33(42(60)61)18-24-9-13-27(52)14-10-24/h3-14,20,22,30-34,36,44,50-52H,15-19,21,43H2,1-2H3,(H,45,56)(H,46,58)(H,47,55)(H,48,57)(H,49,59)(H,53,54)(H,60,61)/t30-,31-,32-,33-,34-,36-/m0/s1. The number of benzene rings is 3. The van der Waals surface area contributed by atoms with Crippen molar-refractivity contribution < 1.29 is 59.1 Å². The molecule has 13 N–H and O–H groups in total. The van der Waals surface area contributed by atoms with Crippen molar-refractivity contribution in [3.05, 3.63) is 95.7 Å². The Morgan fingerprint density at radius 2 is 1.07 bits per heavy atom. The van der Waals surface area contributed by atoms with Gasteiger partial charge in [-0.05, 0) is 59.4 Å². The van der Waals surface area contributed by atoms with Gasteiger partial charge in [0.05, 0.1) is 12.6 Å². The molecule has 1 aromatic heterocycles. The van der Waals surface area contributed by atoms with Gasteiger partial charge in [0, 0.05) is 42.8 Å². The fourth-order valence-corrected chi connectivity index (χ4v) is 6.27. The number of H-pyrrole nitrogens is 1. The Kier molecular flexibility index (Phi) is 16.7. The number of carboxylic acid groups (broad SMARTS) is 2. The summed E-state index contributed by atoms with van der Waals surface area (Å²) >= 11 is 0. The third kappa shape index (κ3) is 13.8. The second kappa shape index (κ2) is 21.9. The van der Waals surface area contributed by atoms with E-state index in [0.717, 1.165) is 0 Å². The minimum absolute atomic E-state index is 0.0510. The lowest BCUT2D eigenvalue weighted by Gasteiger charge is -2.27. The van der Waals surface area contributed by atoms with Crippen molar-refractivity contribution in [1.82, 2.24) is 31.6 Å². The number of carboxylic acids is 2. The molecule has 19 heteroatoms. The molecule has 1 heterocycles. The summed E-state index contributed by atoms with van der Waals surface area (Å²) in [6.45, 7) is 2.48. The number of nitrogens with two attached hydrogens (primary N) is 1. The molecule has 61 heavy (non-hydrogen) atoms. The zero-order valence-corrected chi connectivity index (χ0v) is 33.5. The van der Waals surface area contributed by atoms with Crippen LogP contribution in [0.4, 0.5) is 0 Å². The molecule has 0 saturated carbocycles. The normalized spacial score (nSPS) is 14.1. The highest BCUT2D eigenvalue weighted by molar-refractivity contribution is 5.97. The zero-order chi connectivity index (χ0) is 44.8. The predicted octanol–water partition coefficient (Wildman–Crippen LogP) is -0.0440. The number of carbonyl (C=O) groups excluding carboxylic acids is 5. The number of aliphatic hydroxyl groups is 1. The van der Waals surface area contributed by atoms with Crippen LogP contribution in [0.15, 0.2) is 79.0 Å². The van der Waals surface area contributed by atoms with Gasteiger partial charge in [-0.25, -0.2) is 4.79 Å². The van der Waals surface area contributed by atoms with Crippen molar-refractivity contribution in [1.29, 1.82) is 0 Å². The number of para-hydroxylation sites is 1. The van der Waals surface area contributed by atoms with Crippen molar-refractivity contribution in [2.45, 2.75) is 82.2 Å². The van der Waals surface area contributed by atoms with E-state index in [0.29, 0.717) is 27.6 Å². The largest absolute Gasteiger partial charge is 0.508 e. The van der Waals surface area contributed by atoms with E-state index in [1.807, 2.05) is 0 Å². The Morgan fingerprint density at radius 1 is 0.607 bits per heavy atom. The summed E-state index contributed by atoms with van der Waals surface area (Å²) in [5.74, 6) is -7.84. The van der Waals surface area contributed by atoms with Crippen molar-refractivity contribution in [2.75, 3.05) is 6.61 Å². The van der Waals surface area contributed by atoms with Crippen LogP contribution in [0, 0.1) is 5.92 Å². The molecule has 6 atom stereocenters. The molecule has 0 saturated heterocycles. The topological polar surface area (TPSA) is 323 Å². The molecule has 0 spiro atoms. The number of aromatic amines is 1. The van der Waals surface area contributed by atoms with Crippen molar-refractivity contribution in [2.24, 2.45) is 11.7 Å². The van der Waals surface area contributed by atoms with Gasteiger partial charge in [-0.15, -0.1) is 0 Å². The number of aromatic nitrogens is 1. The minimum Gasteiger partial charge on any atom is -0.508 e. The summed E-state index contributed by atoms with van der Waals surface area (Å²) in [7, 11) is 0. The molecular weight excluding hydrogens is 794 g/mol. The molecule has 3 aromatic carbocycles. The summed E-state index contributed by atoms with van der Waals surface area (Å²) in [6.07, 6.45) is -0.121. The highest BCUT2D eigenvalue weighted by Gasteiger charge is 2.34. The van der Waals surface area contributed by atoms with Crippen LogP contribution in [0.25, 0.3) is 10.9 Å². The van der Waals surface area contributed by atoms with Crippen LogP contribution in [-0.4, -0.2) is 115 Å². The average Bonchev–Trinajstić information content (AvgIpc) is 3.63. The monoisotopic (exact) mass is 845 g/mol. The number of phenols is 2. The molecular formula is C42H51N7O12. The average molecular weight is 846 g/mol. The number of nitrogens with one attached hydrogen (secondary N) is 6. The molecule has 0 aliphatic rings. The van der Waals surface area contributed by atoms with Gasteiger partial charge in [0.25, 0.3) is 0 Å². The fourth-order valence-electron chi connectivity index (χ4n) is 6.27. The number of aromatic hydroxyl groups is 2. The minimum atomic E-state index is -1.63. The molecule has 4 aromatic rings. The van der Waals surface area contributed by atoms with Crippen LogP contribution < -0.4 is 32.3 Å². The summed E-state index contributed by atoms with van der Waals surface area (Å²) in [5.41, 5.74) is 8.06. The van der Waals surface area contributed by atoms with Gasteiger partial charge in [0.1, 0.15) is 41.7 Å². The molecule has 0 aliphatic heterocycles. The van der Waals surface area contributed by atoms with Gasteiger partial charge >= 0.3 is 11.9 Å². The van der Waals surface area contributed by atoms with E-state index in [1.165, 1.54) is 48.5 Å². The summed E-state index contributed by atoms with van der Waals surface area (Å²) in [4.78, 5) is 95.4. The number of rotatable bonds is 22. The van der Waals surface area contributed by atoms with E-state index >= 15 is 0 Å². The van der Waals surface area contributed by atoms with Gasteiger partial charge < -0.3 is 62.8 Å². The number of hydrogen-bond donors (Lipinski definition) is 12. The molecule has 0 fully saturated rings. The van der Waals surface area contributed by atoms with Crippen LogP contribution in [0.2, 0.25) is 0 Å². The van der Waals surface area contributed by atoms with Crippen molar-refractivity contribution >= 4 is 52.4 Å². The van der Waals surface area contributed by atoms with Crippen LogP contribution in [0.3, 0.4) is 0 Å². The molecule has 0 radical (unpaired) electrons. The second-order valence-corrected chi connectivity index (χ2v) is 14.8. The Bertz CT molecular complexity index is 2170. The number of fused-ring (bicyclic) bond motifs is 1. The summed E-state index contributed by atoms with van der Waals surface area (Å²) in [5, 5.41) is 62.1. The molecule has 0 bridgehead atoms. The van der Waals surface area contributed by atoms with Gasteiger partial charge in [-0.3, -0.25) is 28.8 Å². The Morgan fingerprint density at radius 3 is 1.59 bits per heavy atom. The summed E-state index contributed by atoms with van der Waals surface area (Å²) < 4.78 is 0. The maximum atomic E-state index is 14.1. The Balaban J connectivity index is 1.63. The number of amides is 5. The third-order valence-electron chi connectivity index (χ3n) is 9.85. The first-order chi connectivity index (χ1) is 28.9. The number of carbonyl (C=O) groups is 7. The van der Waals surface area contributed by atoms with E-state index in [1.54, 1.807) is 44.3 Å². The van der Waals surface area contributed by atoms with E-state index in [4.69, 9.17) is 5.73 Å². The van der Waals surface area contributed by atoms with E-state index in [9.17, 15) is 59.1 Å². The molecule has 0 aliphatic carbocycles. The van der Waals surface area contributed by atoms with Crippen LogP contribution in [-0.2, 0) is 52.8 Å². The van der Waals surface area contributed by atoms with E-state index < -0.39 is 97.2 Å². The SMILES string of the molecule is CC(C)[C@H](N)C(=O)N[C@@H](CO)C(=O)N[C@@H](Cc1ccc(O)cc1)C(=O)N[C@@H](CCC(=O)O)C(=O)N[C@@H](Cc1c[nH]c2ccccc12)C(=O)N[C@@H](Cc1ccc(O)cc1)C(=O)O. The molecule has 19 nitrogen and oxygen atoms in total. The smallest absolute Gasteiger partial charge is 0.326 e. The maximum Gasteiger partial charge on any atom is 0.326 e. The predicted molar refractivity (Wildman–Crippen MR) is 220 cm³/mol. The lowest BCUT2D eigenvalue weighted by Crippen LogP contribution is -2.60. The zero-order valence-electron chi connectivity index (χ0n) is 33.5. The van der Waals surface area contributed by atoms with E-state index in [2.05, 4.69) is 31.6 Å². The first-order valence-corrected chi connectivity index (χ1v) is 19.4. The molecule has 326 valence electrons. The maximum absolute atomic E-state index is 14.1. The highest BCUT2D eigenvalue weighted by Crippen LogP contribution is 2.20. The molecule has 4 rings (SSSR count). The number of hydrogen-bond acceptors (Lipinski definition) is 11. The van der Waals surface area contributed by atoms with Crippen LogP contribution in [0.5, 0.6) is 11.5 Å². The van der Waals surface area contributed by atoms with Crippen molar-refractivity contribution in [3.8, 4) is 11.5 Å². The lowest BCUT2D eigenvalue weighted by molar-refractivity contribution is -0.142. The van der Waals surface area contributed by atoms with Crippen molar-refractivity contribution in [3.63, 3.8) is 0 Å². The Labute approximate surface area is 350 Å². The fraction of sp³-hybridized carbons (Fsp3) is 0.357. The number of aliphatic hydroxyl groups excluding tert-OH is 1. The second-order valence-electron chi connectivity index (χ2n) is 14.8. The highest BCUT2D eigenvalue weighted by atomic mass is 16.4. The first kappa shape index (κ1) is 46.7. The summed E-state index contributed by atoms with van der Waals surface area (Å²) in [6, 6.07) is 9.68. The third-order valence-corrected chi connectivity index (χ3v) is 9.85. The van der Waals surface area contributed by atoms with Gasteiger partial charge in [-0.1, -0.05) is 56.3 Å². The Hall–Kier alpha value is -6.99. The quantitative estimate of drug-likeness (QED) is 0.0495. The van der Waals surface area contributed by atoms with Crippen LogP contribution >= 0.6 is 0 Å². The number of aliphatic carboxylic acids is 2. The van der Waals surface area contributed by atoms with Gasteiger partial charge in [0.2, 0.25) is 29.5 Å².